The van der Waals surface area contributed by atoms with Crippen molar-refractivity contribution in [1.82, 2.24) is 4.98 Å². The number of hydrogen-bond acceptors (Lipinski definition) is 2. The second-order valence-corrected chi connectivity index (χ2v) is 4.93. The zero-order valence-electron chi connectivity index (χ0n) is 10.3. The quantitative estimate of drug-likeness (QED) is 0.810. The first-order valence-corrected chi connectivity index (χ1v) is 6.33. The molecule has 0 aliphatic rings. The Balaban J connectivity index is 2.33. The molecule has 0 saturated heterocycles. The van der Waals surface area contributed by atoms with Gasteiger partial charge >= 0.3 is 5.97 Å². The van der Waals surface area contributed by atoms with Crippen LogP contribution in [-0.4, -0.2) is 22.0 Å². The summed E-state index contributed by atoms with van der Waals surface area (Å²) in [5.41, 5.74) is 0.812. The number of carbonyl (C=O) groups is 2. The molecular weight excluding hydrogens is 303 g/mol. The van der Waals surface area contributed by atoms with Crippen molar-refractivity contribution in [3.05, 3.63) is 51.3 Å². The van der Waals surface area contributed by atoms with Crippen LogP contribution in [0.4, 0.5) is 5.69 Å². The highest BCUT2D eigenvalue weighted by atomic mass is 35.5. The van der Waals surface area contributed by atoms with Gasteiger partial charge in [-0.05, 0) is 25.1 Å². The van der Waals surface area contributed by atoms with Gasteiger partial charge in [0.2, 0.25) is 0 Å². The summed E-state index contributed by atoms with van der Waals surface area (Å²) in [6.07, 6.45) is 1.41. The predicted molar refractivity (Wildman–Crippen MR) is 76.9 cm³/mol. The van der Waals surface area contributed by atoms with Gasteiger partial charge < -0.3 is 15.4 Å². The van der Waals surface area contributed by atoms with E-state index >= 15 is 0 Å². The molecule has 104 valence electrons. The van der Waals surface area contributed by atoms with Gasteiger partial charge in [0.25, 0.3) is 5.91 Å². The lowest BCUT2D eigenvalue weighted by molar-refractivity contribution is 0.0697. The van der Waals surface area contributed by atoms with Gasteiger partial charge in [-0.25, -0.2) is 4.79 Å². The van der Waals surface area contributed by atoms with Gasteiger partial charge in [0.05, 0.1) is 16.3 Å². The van der Waals surface area contributed by atoms with Crippen LogP contribution in [0.15, 0.2) is 24.4 Å². The maximum Gasteiger partial charge on any atom is 0.339 e. The molecule has 0 atom stereocenters. The van der Waals surface area contributed by atoms with Gasteiger partial charge in [-0.15, -0.1) is 0 Å². The predicted octanol–water partition coefficient (Wildman–Crippen LogP) is 3.58. The summed E-state index contributed by atoms with van der Waals surface area (Å²) in [6, 6.07) is 4.47. The summed E-state index contributed by atoms with van der Waals surface area (Å²) in [7, 11) is 0. The third-order valence-electron chi connectivity index (χ3n) is 2.71. The smallest absolute Gasteiger partial charge is 0.339 e. The zero-order valence-corrected chi connectivity index (χ0v) is 11.8. The number of halogens is 2. The van der Waals surface area contributed by atoms with Crippen molar-refractivity contribution in [2.24, 2.45) is 0 Å². The van der Waals surface area contributed by atoms with Crippen molar-refractivity contribution in [2.45, 2.75) is 6.92 Å². The fraction of sp³-hybridized carbons (Fsp3) is 0.0769. The molecule has 0 fully saturated rings. The highest BCUT2D eigenvalue weighted by molar-refractivity contribution is 6.36. The molecule has 0 saturated carbocycles. The summed E-state index contributed by atoms with van der Waals surface area (Å²) in [4.78, 5) is 26.0. The van der Waals surface area contributed by atoms with E-state index in [0.29, 0.717) is 10.7 Å². The Morgan fingerprint density at radius 2 is 2.00 bits per heavy atom. The number of carboxylic acids is 1. The molecule has 0 aliphatic heterocycles. The van der Waals surface area contributed by atoms with E-state index in [0.717, 1.165) is 0 Å². The average molecular weight is 313 g/mol. The number of anilines is 1. The van der Waals surface area contributed by atoms with Gasteiger partial charge in [0.1, 0.15) is 5.56 Å². The van der Waals surface area contributed by atoms with E-state index in [4.69, 9.17) is 28.3 Å². The minimum Gasteiger partial charge on any atom is -0.478 e. The highest BCUT2D eigenvalue weighted by Crippen LogP contribution is 2.24. The number of hydrogen-bond donors (Lipinski definition) is 3. The van der Waals surface area contributed by atoms with E-state index in [9.17, 15) is 9.59 Å². The molecule has 20 heavy (non-hydrogen) atoms. The first-order chi connectivity index (χ1) is 9.40. The second kappa shape index (κ2) is 5.56. The standard InChI is InChI=1S/C13H10Cl2N2O3/c1-6-11(13(19)20)10(5-16-6)17-12(18)8-4-7(14)2-3-9(8)15/h2-5,16H,1H3,(H,17,18)(H,19,20). The number of amides is 1. The van der Waals surface area contributed by atoms with Gasteiger partial charge in [-0.2, -0.15) is 0 Å². The Morgan fingerprint density at radius 1 is 1.30 bits per heavy atom. The molecule has 1 aromatic heterocycles. The molecular formula is C13H10Cl2N2O3. The van der Waals surface area contributed by atoms with Crippen LogP contribution in [0.5, 0.6) is 0 Å². The van der Waals surface area contributed by atoms with E-state index in [2.05, 4.69) is 10.3 Å². The normalized spacial score (nSPS) is 10.3. The van der Waals surface area contributed by atoms with E-state index in [-0.39, 0.29) is 21.8 Å². The topological polar surface area (TPSA) is 82.2 Å². The Bertz CT molecular complexity index is 695. The number of rotatable bonds is 3. The number of aromatic nitrogens is 1. The molecule has 5 nitrogen and oxygen atoms in total. The minimum absolute atomic E-state index is 0.0106. The van der Waals surface area contributed by atoms with Gasteiger partial charge in [0, 0.05) is 16.9 Å². The molecule has 2 aromatic rings. The third kappa shape index (κ3) is 2.79. The molecule has 0 radical (unpaired) electrons. The van der Waals surface area contributed by atoms with Crippen LogP contribution in [0.25, 0.3) is 0 Å². The summed E-state index contributed by atoms with van der Waals surface area (Å²) >= 11 is 11.7. The van der Waals surface area contributed by atoms with Crippen molar-refractivity contribution >= 4 is 40.8 Å². The van der Waals surface area contributed by atoms with Crippen LogP contribution < -0.4 is 5.32 Å². The van der Waals surface area contributed by atoms with E-state index < -0.39 is 11.9 Å². The Morgan fingerprint density at radius 3 is 2.65 bits per heavy atom. The average Bonchev–Trinajstić information content (AvgIpc) is 2.73. The van der Waals surface area contributed by atoms with Crippen molar-refractivity contribution in [1.29, 1.82) is 0 Å². The first-order valence-electron chi connectivity index (χ1n) is 5.58. The minimum atomic E-state index is -1.13. The number of aromatic carboxylic acids is 1. The van der Waals surface area contributed by atoms with E-state index in [1.165, 1.54) is 18.3 Å². The molecule has 0 unspecified atom stereocenters. The molecule has 3 N–H and O–H groups in total. The van der Waals surface area contributed by atoms with E-state index in [1.807, 2.05) is 0 Å². The highest BCUT2D eigenvalue weighted by Gasteiger charge is 2.19. The number of benzene rings is 1. The number of carbonyl (C=O) groups excluding carboxylic acids is 1. The number of aromatic amines is 1. The number of nitrogens with one attached hydrogen (secondary N) is 2. The monoisotopic (exact) mass is 312 g/mol. The molecule has 1 heterocycles. The lowest BCUT2D eigenvalue weighted by Crippen LogP contribution is -2.14. The SMILES string of the molecule is Cc1[nH]cc(NC(=O)c2cc(Cl)ccc2Cl)c1C(=O)O. The van der Waals surface area contributed by atoms with Crippen LogP contribution >= 0.6 is 23.2 Å². The first kappa shape index (κ1) is 14.4. The summed E-state index contributed by atoms with van der Waals surface area (Å²) < 4.78 is 0. The maximum absolute atomic E-state index is 12.1. The Labute approximate surface area is 124 Å². The fourth-order valence-corrected chi connectivity index (χ4v) is 2.14. The molecule has 2 rings (SSSR count). The maximum atomic E-state index is 12.1. The van der Waals surface area contributed by atoms with Crippen molar-refractivity contribution in [2.75, 3.05) is 5.32 Å². The van der Waals surface area contributed by atoms with Gasteiger partial charge in [-0.1, -0.05) is 23.2 Å². The molecule has 0 aliphatic carbocycles. The summed E-state index contributed by atoms with van der Waals surface area (Å²) in [5, 5.41) is 12.2. The van der Waals surface area contributed by atoms with Crippen LogP contribution in [0.1, 0.15) is 26.4 Å². The molecule has 1 aromatic carbocycles. The fourth-order valence-electron chi connectivity index (χ4n) is 1.76. The van der Waals surface area contributed by atoms with Crippen LogP contribution in [-0.2, 0) is 0 Å². The lowest BCUT2D eigenvalue weighted by Gasteiger charge is -2.07. The largest absolute Gasteiger partial charge is 0.478 e. The van der Waals surface area contributed by atoms with E-state index in [1.54, 1.807) is 13.0 Å². The van der Waals surface area contributed by atoms with Crippen molar-refractivity contribution in [3.8, 4) is 0 Å². The molecule has 7 heteroatoms. The molecule has 0 spiro atoms. The van der Waals surface area contributed by atoms with Crippen molar-refractivity contribution in [3.63, 3.8) is 0 Å². The number of aryl methyl sites for hydroxylation is 1. The Kier molecular flexibility index (Phi) is 4.01. The molecule has 1 amide bonds. The van der Waals surface area contributed by atoms with Gasteiger partial charge in [-0.3, -0.25) is 4.79 Å². The van der Waals surface area contributed by atoms with Gasteiger partial charge in [0.15, 0.2) is 0 Å². The third-order valence-corrected chi connectivity index (χ3v) is 3.28. The summed E-state index contributed by atoms with van der Waals surface area (Å²) in [6.45, 7) is 1.60. The van der Waals surface area contributed by atoms with Crippen LogP contribution in [0.3, 0.4) is 0 Å². The zero-order chi connectivity index (χ0) is 14.9. The number of carboxylic acid groups (broad SMARTS) is 1. The summed E-state index contributed by atoms with van der Waals surface area (Å²) in [5.74, 6) is -1.66. The number of H-pyrrole nitrogens is 1. The van der Waals surface area contributed by atoms with Crippen LogP contribution in [0.2, 0.25) is 10.0 Å². The molecule has 0 bridgehead atoms. The second-order valence-electron chi connectivity index (χ2n) is 4.09. The van der Waals surface area contributed by atoms with Crippen LogP contribution in [0, 0.1) is 6.92 Å². The Hall–Kier alpha value is -1.98. The van der Waals surface area contributed by atoms with Crippen molar-refractivity contribution < 1.29 is 14.7 Å². The lowest BCUT2D eigenvalue weighted by atomic mass is 10.2.